The van der Waals surface area contributed by atoms with Crippen LogP contribution in [0.25, 0.3) is 0 Å². The van der Waals surface area contributed by atoms with Crippen molar-refractivity contribution in [3.8, 4) is 0 Å². The average molecular weight is 150 g/mol. The molecule has 0 unspecified atom stereocenters. The van der Waals surface area contributed by atoms with Crippen LogP contribution in [0.4, 0.5) is 0 Å². The lowest BCUT2D eigenvalue weighted by molar-refractivity contribution is 0.538. The van der Waals surface area contributed by atoms with E-state index in [1.54, 1.807) is 0 Å². The molecular weight excluding hydrogens is 142 g/mol. The van der Waals surface area contributed by atoms with E-state index in [2.05, 4.69) is 0 Å². The Balaban J connectivity index is 2.35. The van der Waals surface area contributed by atoms with Gasteiger partial charge in [0.05, 0.1) is 0 Å². The Kier molecular flexibility index (Phi) is 2.08. The minimum Gasteiger partial charge on any atom is -0.353 e. The average Bonchev–Trinajstić information content (AvgIpc) is 2.12. The smallest absolute Gasteiger partial charge is 0.169 e. The Hall–Kier alpha value is 0.180. The van der Waals surface area contributed by atoms with E-state index < -0.39 is 0 Å². The molecule has 1 nitrogen and oxygen atoms in total. The van der Waals surface area contributed by atoms with E-state index in [9.17, 15) is 0 Å². The summed E-state index contributed by atoms with van der Waals surface area (Å²) in [6, 6.07) is 0. The largest absolute Gasteiger partial charge is 0.353 e. The van der Waals surface area contributed by atoms with Gasteiger partial charge < -0.3 is 4.90 Å². The summed E-state index contributed by atoms with van der Waals surface area (Å²) in [5, 5.41) is 0. The van der Waals surface area contributed by atoms with Crippen LogP contribution in [0.1, 0.15) is 12.8 Å². The molecule has 1 aliphatic heterocycles. The van der Waals surface area contributed by atoms with Crippen molar-refractivity contribution in [2.45, 2.75) is 12.8 Å². The van der Waals surface area contributed by atoms with Gasteiger partial charge in [-0.05, 0) is 25.1 Å². The van der Waals surface area contributed by atoms with E-state index in [1.165, 1.54) is 12.8 Å². The third kappa shape index (κ3) is 1.33. The quantitative estimate of drug-likeness (QED) is 0.293. The van der Waals surface area contributed by atoms with Gasteiger partial charge in [-0.3, -0.25) is 0 Å². The Morgan fingerprint density at radius 1 is 1.38 bits per heavy atom. The lowest BCUT2D eigenvalue weighted by atomic mass is 10.4. The minimum absolute atomic E-state index is 0.530. The maximum absolute atomic E-state index is 5.54. The third-order valence-electron chi connectivity index (χ3n) is 1.35. The Morgan fingerprint density at radius 2 is 1.88 bits per heavy atom. The van der Waals surface area contributed by atoms with Crippen LogP contribution in [0.5, 0.6) is 0 Å². The highest BCUT2D eigenvalue weighted by Crippen LogP contribution is 2.09. The van der Waals surface area contributed by atoms with Crippen molar-refractivity contribution < 1.29 is 0 Å². The molecular formula is C5H8ClNS. The zero-order valence-electron chi connectivity index (χ0n) is 4.56. The predicted molar refractivity (Wildman–Crippen MR) is 39.3 cm³/mol. The zero-order chi connectivity index (χ0) is 5.98. The summed E-state index contributed by atoms with van der Waals surface area (Å²) in [7, 11) is 0. The van der Waals surface area contributed by atoms with Crippen molar-refractivity contribution in [3.05, 3.63) is 0 Å². The van der Waals surface area contributed by atoms with Gasteiger partial charge in [0.1, 0.15) is 0 Å². The van der Waals surface area contributed by atoms with Crippen LogP contribution in [0.2, 0.25) is 0 Å². The van der Waals surface area contributed by atoms with Crippen molar-refractivity contribution in [3.63, 3.8) is 0 Å². The molecule has 1 aliphatic rings. The maximum Gasteiger partial charge on any atom is 0.169 e. The minimum atomic E-state index is 0.530. The molecule has 0 radical (unpaired) electrons. The van der Waals surface area contributed by atoms with Crippen LogP contribution >= 0.6 is 23.8 Å². The fourth-order valence-corrected chi connectivity index (χ4v) is 1.24. The summed E-state index contributed by atoms with van der Waals surface area (Å²) >= 11 is 10.3. The van der Waals surface area contributed by atoms with Crippen LogP contribution in [-0.4, -0.2) is 22.4 Å². The fraction of sp³-hybridized carbons (Fsp3) is 0.800. The first kappa shape index (κ1) is 6.30. The number of rotatable bonds is 0. The Morgan fingerprint density at radius 3 is 2.12 bits per heavy atom. The summed E-state index contributed by atoms with van der Waals surface area (Å²) in [5.41, 5.74) is 0. The summed E-state index contributed by atoms with van der Waals surface area (Å²) in [4.78, 5) is 2.02. The summed E-state index contributed by atoms with van der Waals surface area (Å²) in [6.07, 6.45) is 2.49. The molecule has 46 valence electrons. The SMILES string of the molecule is S=C(Cl)N1CCCC1. The molecule has 0 amide bonds. The van der Waals surface area contributed by atoms with Gasteiger partial charge in [0.15, 0.2) is 4.45 Å². The molecule has 1 saturated heterocycles. The normalized spacial score (nSPS) is 19.4. The van der Waals surface area contributed by atoms with E-state index in [4.69, 9.17) is 23.8 Å². The summed E-state index contributed by atoms with van der Waals surface area (Å²) in [6.45, 7) is 2.12. The zero-order valence-corrected chi connectivity index (χ0v) is 6.13. The number of thiocarbonyl (C=S) groups is 1. The first-order valence-corrected chi connectivity index (χ1v) is 3.54. The van der Waals surface area contributed by atoms with Gasteiger partial charge in [-0.1, -0.05) is 11.6 Å². The standard InChI is InChI=1S/C5H8ClNS/c6-5(8)7-3-1-2-4-7/h1-4H2. The van der Waals surface area contributed by atoms with Crippen molar-refractivity contribution in [2.75, 3.05) is 13.1 Å². The highest BCUT2D eigenvalue weighted by molar-refractivity contribution is 7.83. The second-order valence-electron chi connectivity index (χ2n) is 1.95. The summed E-state index contributed by atoms with van der Waals surface area (Å²) in [5.74, 6) is 0. The molecule has 8 heavy (non-hydrogen) atoms. The molecule has 0 aromatic rings. The monoisotopic (exact) mass is 149 g/mol. The van der Waals surface area contributed by atoms with E-state index in [0.29, 0.717) is 4.45 Å². The van der Waals surface area contributed by atoms with Gasteiger partial charge in [-0.2, -0.15) is 0 Å². The van der Waals surface area contributed by atoms with Crippen molar-refractivity contribution in [1.29, 1.82) is 0 Å². The highest BCUT2D eigenvalue weighted by Gasteiger charge is 2.11. The molecule has 0 aromatic carbocycles. The molecule has 0 aromatic heterocycles. The molecule has 0 spiro atoms. The third-order valence-corrected chi connectivity index (χ3v) is 1.85. The Bertz CT molecular complexity index is 98.6. The molecule has 0 atom stereocenters. The van der Waals surface area contributed by atoms with E-state index in [0.717, 1.165) is 13.1 Å². The van der Waals surface area contributed by atoms with Crippen LogP contribution in [-0.2, 0) is 0 Å². The lowest BCUT2D eigenvalue weighted by Gasteiger charge is -2.11. The van der Waals surface area contributed by atoms with Gasteiger partial charge in [-0.25, -0.2) is 0 Å². The van der Waals surface area contributed by atoms with E-state index in [1.807, 2.05) is 4.90 Å². The van der Waals surface area contributed by atoms with Crippen molar-refractivity contribution in [2.24, 2.45) is 0 Å². The first-order valence-electron chi connectivity index (χ1n) is 2.75. The predicted octanol–water partition coefficient (Wildman–Crippen LogP) is 1.61. The molecule has 1 fully saturated rings. The van der Waals surface area contributed by atoms with Gasteiger partial charge in [0.25, 0.3) is 0 Å². The van der Waals surface area contributed by atoms with E-state index >= 15 is 0 Å². The number of hydrogen-bond donors (Lipinski definition) is 0. The first-order chi connectivity index (χ1) is 3.80. The van der Waals surface area contributed by atoms with Gasteiger partial charge in [0.2, 0.25) is 0 Å². The van der Waals surface area contributed by atoms with Gasteiger partial charge >= 0.3 is 0 Å². The number of hydrogen-bond acceptors (Lipinski definition) is 1. The number of nitrogens with zero attached hydrogens (tertiary/aromatic N) is 1. The second kappa shape index (κ2) is 2.65. The van der Waals surface area contributed by atoms with Crippen LogP contribution in [0, 0.1) is 0 Å². The van der Waals surface area contributed by atoms with Gasteiger partial charge in [-0.15, -0.1) is 0 Å². The second-order valence-corrected chi connectivity index (χ2v) is 2.92. The van der Waals surface area contributed by atoms with E-state index in [-0.39, 0.29) is 0 Å². The Labute approximate surface area is 59.6 Å². The van der Waals surface area contributed by atoms with Crippen molar-refractivity contribution >= 4 is 28.3 Å². The van der Waals surface area contributed by atoms with Crippen LogP contribution < -0.4 is 0 Å². The highest BCUT2D eigenvalue weighted by atomic mass is 35.5. The molecule has 0 aliphatic carbocycles. The van der Waals surface area contributed by atoms with Gasteiger partial charge in [0, 0.05) is 13.1 Å². The topological polar surface area (TPSA) is 3.24 Å². The van der Waals surface area contributed by atoms with Crippen molar-refractivity contribution in [1.82, 2.24) is 4.90 Å². The molecule has 0 bridgehead atoms. The molecule has 3 heteroatoms. The number of halogens is 1. The fourth-order valence-electron chi connectivity index (χ4n) is 0.893. The van der Waals surface area contributed by atoms with Crippen LogP contribution in [0.3, 0.4) is 0 Å². The molecule has 0 N–H and O–H groups in total. The molecule has 1 heterocycles. The number of likely N-dealkylation sites (tertiary alicyclic amines) is 1. The maximum atomic E-state index is 5.54. The molecule has 0 saturated carbocycles. The lowest BCUT2D eigenvalue weighted by Crippen LogP contribution is -2.20. The van der Waals surface area contributed by atoms with Crippen LogP contribution in [0.15, 0.2) is 0 Å². The molecule has 1 rings (SSSR count). The summed E-state index contributed by atoms with van der Waals surface area (Å²) < 4.78 is 0.530.